The number of amides is 1. The molecule has 0 N–H and O–H groups in total. The number of piperidine rings is 1. The molecule has 0 bridgehead atoms. The van der Waals surface area contributed by atoms with Crippen molar-refractivity contribution in [1.29, 1.82) is 0 Å². The van der Waals surface area contributed by atoms with E-state index >= 15 is 0 Å². The number of likely N-dealkylation sites (tertiary alicyclic amines) is 1. The van der Waals surface area contributed by atoms with Crippen LogP contribution in [-0.2, 0) is 13.8 Å². The van der Waals surface area contributed by atoms with Gasteiger partial charge >= 0.3 is 6.09 Å². The van der Waals surface area contributed by atoms with E-state index in [1.807, 2.05) is 0 Å². The van der Waals surface area contributed by atoms with E-state index in [0.717, 1.165) is 6.42 Å². The summed E-state index contributed by atoms with van der Waals surface area (Å²) in [6, 6.07) is 0. The lowest BCUT2D eigenvalue weighted by Crippen LogP contribution is -2.37. The lowest BCUT2D eigenvalue weighted by atomic mass is 10.1. The van der Waals surface area contributed by atoms with Crippen molar-refractivity contribution in [2.24, 2.45) is 11.3 Å². The van der Waals surface area contributed by atoms with Crippen molar-refractivity contribution in [2.45, 2.75) is 32.8 Å². The minimum absolute atomic E-state index is 0.0501. The molecule has 0 aromatic carbocycles. The Bertz CT molecular complexity index is 470. The van der Waals surface area contributed by atoms with E-state index in [-0.39, 0.29) is 23.2 Å². The van der Waals surface area contributed by atoms with Crippen molar-refractivity contribution in [1.82, 2.24) is 4.90 Å². The zero-order valence-corrected chi connectivity index (χ0v) is 12.3. The fourth-order valence-electron chi connectivity index (χ4n) is 2.63. The zero-order valence-electron chi connectivity index (χ0n) is 10.8. The van der Waals surface area contributed by atoms with E-state index in [1.165, 1.54) is 0 Å². The van der Waals surface area contributed by atoms with Crippen molar-refractivity contribution < 1.29 is 17.9 Å². The third-order valence-electron chi connectivity index (χ3n) is 3.42. The Balaban J connectivity index is 1.96. The molecule has 5 nitrogen and oxygen atoms in total. The summed E-state index contributed by atoms with van der Waals surface area (Å²) >= 11 is 0. The second kappa shape index (κ2) is 4.00. The molecular formula is C11H18ClNO4S. The first-order chi connectivity index (χ1) is 8.01. The van der Waals surface area contributed by atoms with Gasteiger partial charge in [0, 0.05) is 29.2 Å². The van der Waals surface area contributed by atoms with Crippen molar-refractivity contribution in [2.75, 3.05) is 18.8 Å². The van der Waals surface area contributed by atoms with Gasteiger partial charge in [-0.05, 0) is 33.1 Å². The highest BCUT2D eigenvalue weighted by Gasteiger charge is 2.62. The van der Waals surface area contributed by atoms with Gasteiger partial charge in [0.15, 0.2) is 0 Å². The largest absolute Gasteiger partial charge is 0.444 e. The molecule has 0 radical (unpaired) electrons. The number of carbonyl (C=O) groups excluding carboxylic acids is 1. The molecule has 7 heteroatoms. The van der Waals surface area contributed by atoms with E-state index < -0.39 is 14.7 Å². The minimum Gasteiger partial charge on any atom is -0.444 e. The van der Waals surface area contributed by atoms with Gasteiger partial charge in [0.1, 0.15) is 5.60 Å². The first-order valence-corrected chi connectivity index (χ1v) is 8.39. The van der Waals surface area contributed by atoms with E-state index in [9.17, 15) is 13.2 Å². The summed E-state index contributed by atoms with van der Waals surface area (Å²) in [5.41, 5.74) is -0.854. The summed E-state index contributed by atoms with van der Waals surface area (Å²) in [6.07, 6.45) is 0.458. The normalized spacial score (nSPS) is 31.1. The van der Waals surface area contributed by atoms with Gasteiger partial charge in [-0.3, -0.25) is 0 Å². The fraction of sp³-hybridized carbons (Fsp3) is 0.909. The molecule has 0 aromatic heterocycles. The van der Waals surface area contributed by atoms with Crippen LogP contribution in [0.2, 0.25) is 0 Å². The number of rotatable bonds is 2. The number of carbonyl (C=O) groups is 1. The Labute approximate surface area is 112 Å². The van der Waals surface area contributed by atoms with Gasteiger partial charge in [0.25, 0.3) is 0 Å². The summed E-state index contributed by atoms with van der Waals surface area (Å²) in [7, 11) is 1.79. The molecule has 2 fully saturated rings. The maximum absolute atomic E-state index is 11.9. The number of fused-ring (bicyclic) bond motifs is 1. The Morgan fingerprint density at radius 1 is 1.50 bits per heavy atom. The molecular weight excluding hydrogens is 278 g/mol. The van der Waals surface area contributed by atoms with Crippen LogP contribution in [-0.4, -0.2) is 43.9 Å². The topological polar surface area (TPSA) is 63.7 Å². The molecule has 18 heavy (non-hydrogen) atoms. The molecule has 2 rings (SSSR count). The molecule has 1 saturated heterocycles. The molecule has 1 aliphatic heterocycles. The van der Waals surface area contributed by atoms with Crippen LogP contribution in [0.5, 0.6) is 0 Å². The van der Waals surface area contributed by atoms with Crippen LogP contribution >= 0.6 is 10.7 Å². The SMILES string of the molecule is CC(C)(C)OC(=O)N1CC2CC2(CS(=O)(=O)Cl)C1. The van der Waals surface area contributed by atoms with Crippen molar-refractivity contribution in [3.63, 3.8) is 0 Å². The predicted octanol–water partition coefficient (Wildman–Crippen LogP) is 1.81. The summed E-state index contributed by atoms with van der Waals surface area (Å²) < 4.78 is 27.6. The molecule has 0 spiro atoms. The number of hydrogen-bond donors (Lipinski definition) is 0. The highest BCUT2D eigenvalue weighted by atomic mass is 35.7. The Morgan fingerprint density at radius 2 is 2.11 bits per heavy atom. The molecule has 1 saturated carbocycles. The van der Waals surface area contributed by atoms with Crippen LogP contribution in [0.4, 0.5) is 4.79 Å². The van der Waals surface area contributed by atoms with Gasteiger partial charge in [0.2, 0.25) is 9.05 Å². The Kier molecular flexibility index (Phi) is 3.10. The lowest BCUT2D eigenvalue weighted by Gasteiger charge is -2.26. The van der Waals surface area contributed by atoms with Gasteiger partial charge in [-0.2, -0.15) is 0 Å². The van der Waals surface area contributed by atoms with Crippen molar-refractivity contribution in [3.05, 3.63) is 0 Å². The van der Waals surface area contributed by atoms with Gasteiger partial charge in [-0.25, -0.2) is 13.2 Å². The maximum Gasteiger partial charge on any atom is 0.410 e. The third-order valence-corrected chi connectivity index (χ3v) is 4.66. The van der Waals surface area contributed by atoms with Crippen molar-refractivity contribution >= 4 is 25.8 Å². The highest BCUT2D eigenvalue weighted by molar-refractivity contribution is 8.13. The van der Waals surface area contributed by atoms with Crippen LogP contribution < -0.4 is 0 Å². The number of halogens is 1. The highest BCUT2D eigenvalue weighted by Crippen LogP contribution is 2.58. The molecule has 2 aliphatic rings. The molecule has 1 heterocycles. The minimum atomic E-state index is -3.52. The standard InChI is InChI=1S/C11H18ClNO4S/c1-10(2,3)17-9(14)13-5-8-4-11(8,6-13)7-18(12,15)16/h8H,4-7H2,1-3H3. The predicted molar refractivity (Wildman–Crippen MR) is 68.0 cm³/mol. The Hall–Kier alpha value is -0.490. The van der Waals surface area contributed by atoms with Crippen LogP contribution in [0.1, 0.15) is 27.2 Å². The molecule has 0 aromatic rings. The summed E-state index contributed by atoms with van der Waals surface area (Å²) in [6.45, 7) is 6.42. The van der Waals surface area contributed by atoms with Gasteiger partial charge in [-0.15, -0.1) is 0 Å². The lowest BCUT2D eigenvalue weighted by molar-refractivity contribution is 0.0264. The first kappa shape index (κ1) is 13.9. The first-order valence-electron chi connectivity index (χ1n) is 5.91. The summed E-state index contributed by atoms with van der Waals surface area (Å²) in [5.74, 6) is 0.199. The Morgan fingerprint density at radius 3 is 2.61 bits per heavy atom. The van der Waals surface area contributed by atoms with E-state index in [1.54, 1.807) is 25.7 Å². The van der Waals surface area contributed by atoms with E-state index in [4.69, 9.17) is 15.4 Å². The van der Waals surface area contributed by atoms with Crippen LogP contribution in [0.25, 0.3) is 0 Å². The summed E-state index contributed by atoms with van der Waals surface area (Å²) in [4.78, 5) is 13.4. The average molecular weight is 296 g/mol. The number of ether oxygens (including phenoxy) is 1. The molecule has 2 unspecified atom stereocenters. The summed E-state index contributed by atoms with van der Waals surface area (Å²) in [5, 5.41) is 0. The molecule has 1 aliphatic carbocycles. The monoisotopic (exact) mass is 295 g/mol. The molecule has 104 valence electrons. The average Bonchev–Trinajstić information content (AvgIpc) is 2.60. The van der Waals surface area contributed by atoms with Crippen LogP contribution in [0.15, 0.2) is 0 Å². The van der Waals surface area contributed by atoms with Gasteiger partial charge < -0.3 is 9.64 Å². The van der Waals surface area contributed by atoms with Gasteiger partial charge in [-0.1, -0.05) is 0 Å². The third kappa shape index (κ3) is 3.09. The van der Waals surface area contributed by atoms with E-state index in [0.29, 0.717) is 13.1 Å². The zero-order chi connectivity index (χ0) is 13.8. The maximum atomic E-state index is 11.9. The van der Waals surface area contributed by atoms with Crippen molar-refractivity contribution in [3.8, 4) is 0 Å². The molecule has 2 atom stereocenters. The van der Waals surface area contributed by atoms with Crippen LogP contribution in [0.3, 0.4) is 0 Å². The second-order valence-corrected chi connectivity index (χ2v) is 9.08. The van der Waals surface area contributed by atoms with Crippen LogP contribution in [0, 0.1) is 11.3 Å². The van der Waals surface area contributed by atoms with E-state index in [2.05, 4.69) is 0 Å². The fourth-order valence-corrected chi connectivity index (χ4v) is 4.41. The quantitative estimate of drug-likeness (QED) is 0.729. The molecule has 1 amide bonds. The second-order valence-electron chi connectivity index (χ2n) is 6.31. The number of hydrogen-bond acceptors (Lipinski definition) is 4. The smallest absolute Gasteiger partial charge is 0.410 e. The number of nitrogens with zero attached hydrogens (tertiary/aromatic N) is 1. The van der Waals surface area contributed by atoms with Gasteiger partial charge in [0.05, 0.1) is 5.75 Å².